The van der Waals surface area contributed by atoms with Gasteiger partial charge in [-0.05, 0) is 42.3 Å². The maximum Gasteiger partial charge on any atom is 0.408 e. The van der Waals surface area contributed by atoms with Gasteiger partial charge in [0.2, 0.25) is 5.50 Å². The molecule has 1 heterocycles. The van der Waals surface area contributed by atoms with E-state index in [-0.39, 0.29) is 0 Å². The van der Waals surface area contributed by atoms with Gasteiger partial charge in [0, 0.05) is 12.8 Å². The van der Waals surface area contributed by atoms with Crippen LogP contribution in [0.5, 0.6) is 0 Å². The number of benzene rings is 1. The van der Waals surface area contributed by atoms with Crippen molar-refractivity contribution in [1.82, 2.24) is 15.5 Å². The van der Waals surface area contributed by atoms with Gasteiger partial charge < -0.3 is 15.2 Å². The van der Waals surface area contributed by atoms with Crippen LogP contribution in [0.4, 0.5) is 4.79 Å². The number of ether oxygens (including phenoxy) is 1. The molecule has 0 bridgehead atoms. The molecule has 10 nitrogen and oxygen atoms in total. The molecule has 2 unspecified atom stereocenters. The summed E-state index contributed by atoms with van der Waals surface area (Å²) in [7, 11) is 1.68. The van der Waals surface area contributed by atoms with Gasteiger partial charge in [-0.2, -0.15) is 0 Å². The van der Waals surface area contributed by atoms with E-state index in [9.17, 15) is 19.9 Å². The maximum absolute atomic E-state index is 11.9. The lowest BCUT2D eigenvalue weighted by Crippen LogP contribution is -2.38. The zero-order valence-electron chi connectivity index (χ0n) is 15.5. The Hall–Kier alpha value is -2.53. The number of carbonyl (C=O) groups excluding carboxylic acids is 1. The smallest absolute Gasteiger partial charge is 0.408 e. The standard InChI is InChI=1S/C16H23N5O5S/c1-16(2,3)26-14(24)17-12(13(22)23)11-7-5-6-10(8-11)9-27-15-20(4)18-19-21(15)25/h5-8,12,15,25H,9H2,1-4H3,(H,17,24)(H,22,23). The van der Waals surface area contributed by atoms with E-state index in [0.29, 0.717) is 11.3 Å². The van der Waals surface area contributed by atoms with Crippen LogP contribution in [0, 0.1) is 0 Å². The topological polar surface area (TPSA) is 127 Å². The van der Waals surface area contributed by atoms with E-state index in [0.717, 1.165) is 10.7 Å². The van der Waals surface area contributed by atoms with Gasteiger partial charge in [0.05, 0.1) is 0 Å². The Morgan fingerprint density at radius 3 is 2.63 bits per heavy atom. The van der Waals surface area contributed by atoms with Gasteiger partial charge in [-0.1, -0.05) is 24.3 Å². The number of amides is 1. The molecule has 0 spiro atoms. The van der Waals surface area contributed by atoms with Gasteiger partial charge in [0.25, 0.3) is 0 Å². The first kappa shape index (κ1) is 20.8. The van der Waals surface area contributed by atoms with Gasteiger partial charge in [-0.15, -0.1) is 16.9 Å². The van der Waals surface area contributed by atoms with Crippen molar-refractivity contribution < 1.29 is 24.6 Å². The molecule has 11 heteroatoms. The van der Waals surface area contributed by atoms with Crippen molar-refractivity contribution in [1.29, 1.82) is 0 Å². The third kappa shape index (κ3) is 6.00. The number of hydroxylamine groups is 1. The highest BCUT2D eigenvalue weighted by Gasteiger charge is 2.27. The Labute approximate surface area is 161 Å². The summed E-state index contributed by atoms with van der Waals surface area (Å²) in [6.07, 6.45) is -0.804. The largest absolute Gasteiger partial charge is 0.479 e. The monoisotopic (exact) mass is 397 g/mol. The number of alkyl carbamates (subject to hydrolysis) is 1. The zero-order valence-corrected chi connectivity index (χ0v) is 16.3. The first-order chi connectivity index (χ1) is 12.6. The molecule has 3 N–H and O–H groups in total. The molecule has 148 valence electrons. The summed E-state index contributed by atoms with van der Waals surface area (Å²) >= 11 is 1.36. The van der Waals surface area contributed by atoms with Crippen molar-refractivity contribution in [2.45, 2.75) is 43.7 Å². The van der Waals surface area contributed by atoms with Crippen LogP contribution in [0.25, 0.3) is 0 Å². The van der Waals surface area contributed by atoms with Crippen molar-refractivity contribution in [3.63, 3.8) is 0 Å². The molecule has 1 aromatic rings. The summed E-state index contributed by atoms with van der Waals surface area (Å²) in [4.78, 5) is 23.6. The lowest BCUT2D eigenvalue weighted by Gasteiger charge is -2.22. The van der Waals surface area contributed by atoms with Crippen LogP contribution in [0.3, 0.4) is 0 Å². The molecule has 27 heavy (non-hydrogen) atoms. The van der Waals surface area contributed by atoms with E-state index in [1.165, 1.54) is 16.8 Å². The minimum atomic E-state index is -1.24. The fourth-order valence-corrected chi connectivity index (χ4v) is 3.22. The first-order valence-corrected chi connectivity index (χ1v) is 9.17. The summed E-state index contributed by atoms with van der Waals surface area (Å²) < 4.78 is 5.13. The first-order valence-electron chi connectivity index (χ1n) is 8.12. The number of aliphatic carboxylic acids is 1. The average Bonchev–Trinajstić information content (AvgIpc) is 2.87. The molecule has 1 aliphatic rings. The van der Waals surface area contributed by atoms with Crippen molar-refractivity contribution >= 4 is 23.8 Å². The third-order valence-electron chi connectivity index (χ3n) is 3.38. The second kappa shape index (κ2) is 8.44. The van der Waals surface area contributed by atoms with Crippen LogP contribution >= 0.6 is 11.8 Å². The number of carboxylic acids is 1. The summed E-state index contributed by atoms with van der Waals surface area (Å²) in [5, 5.41) is 31.0. The summed E-state index contributed by atoms with van der Waals surface area (Å²) in [5.74, 6) is -0.718. The zero-order chi connectivity index (χ0) is 20.2. The maximum atomic E-state index is 11.9. The van der Waals surface area contributed by atoms with Gasteiger partial charge in [-0.3, -0.25) is 5.21 Å². The highest BCUT2D eigenvalue weighted by Crippen LogP contribution is 2.27. The molecule has 0 saturated carbocycles. The molecule has 0 radical (unpaired) electrons. The van der Waals surface area contributed by atoms with E-state index in [1.54, 1.807) is 46.0 Å². The molecular weight excluding hydrogens is 374 g/mol. The highest BCUT2D eigenvalue weighted by molar-refractivity contribution is 7.99. The number of thioether (sulfide) groups is 1. The molecule has 0 aliphatic carbocycles. The Bertz CT molecular complexity index is 711. The third-order valence-corrected chi connectivity index (χ3v) is 4.67. The predicted molar refractivity (Wildman–Crippen MR) is 97.5 cm³/mol. The van der Waals surface area contributed by atoms with E-state index >= 15 is 0 Å². The van der Waals surface area contributed by atoms with Crippen LogP contribution in [0.15, 0.2) is 34.7 Å². The normalized spacial score (nSPS) is 17.7. The minimum Gasteiger partial charge on any atom is -0.479 e. The summed E-state index contributed by atoms with van der Waals surface area (Å²) in [6, 6.07) is 5.61. The molecule has 0 fully saturated rings. The fraction of sp³-hybridized carbons (Fsp3) is 0.500. The number of hydrogen-bond acceptors (Lipinski definition) is 9. The van der Waals surface area contributed by atoms with Crippen molar-refractivity contribution in [3.8, 4) is 0 Å². The fourth-order valence-electron chi connectivity index (χ4n) is 2.26. The summed E-state index contributed by atoms with van der Waals surface area (Å²) in [5.41, 5.74) is 0.0410. The number of nitrogens with zero attached hydrogens (tertiary/aromatic N) is 4. The molecule has 0 saturated heterocycles. The molecular formula is C16H23N5O5S. The van der Waals surface area contributed by atoms with Gasteiger partial charge in [0.15, 0.2) is 6.04 Å². The number of rotatable bonds is 6. The Morgan fingerprint density at radius 2 is 2.07 bits per heavy atom. The molecule has 1 aliphatic heterocycles. The van der Waals surface area contributed by atoms with Gasteiger partial charge >= 0.3 is 12.1 Å². The Balaban J connectivity index is 2.06. The van der Waals surface area contributed by atoms with E-state index in [4.69, 9.17) is 4.74 Å². The molecule has 2 rings (SSSR count). The second-order valence-electron chi connectivity index (χ2n) is 6.87. The molecule has 2 atom stereocenters. The van der Waals surface area contributed by atoms with Crippen LogP contribution in [0.1, 0.15) is 37.9 Å². The van der Waals surface area contributed by atoms with Crippen molar-refractivity contribution in [2.75, 3.05) is 7.05 Å². The van der Waals surface area contributed by atoms with E-state index in [2.05, 4.69) is 15.8 Å². The number of carbonyl (C=O) groups is 2. The predicted octanol–water partition coefficient (Wildman–Crippen LogP) is 2.77. The van der Waals surface area contributed by atoms with Crippen LogP contribution < -0.4 is 5.32 Å². The SMILES string of the molecule is CN1N=NN(O)C1SCc1cccc(C(NC(=O)OC(C)(C)C)C(=O)O)c1. The average molecular weight is 397 g/mol. The minimum absolute atomic E-state index is 0.418. The molecule has 1 aromatic carbocycles. The quantitative estimate of drug-likeness (QED) is 0.669. The summed E-state index contributed by atoms with van der Waals surface area (Å²) in [6.45, 7) is 5.09. The molecule has 0 aromatic heterocycles. The van der Waals surface area contributed by atoms with E-state index < -0.39 is 29.2 Å². The van der Waals surface area contributed by atoms with Gasteiger partial charge in [-0.25, -0.2) is 14.6 Å². The lowest BCUT2D eigenvalue weighted by molar-refractivity contribution is -0.139. The van der Waals surface area contributed by atoms with Crippen LogP contribution in [0.2, 0.25) is 0 Å². The number of hydrogen-bond donors (Lipinski definition) is 3. The number of nitrogens with one attached hydrogen (secondary N) is 1. The van der Waals surface area contributed by atoms with Crippen molar-refractivity contribution in [3.05, 3.63) is 35.4 Å². The lowest BCUT2D eigenvalue weighted by atomic mass is 10.0. The van der Waals surface area contributed by atoms with Crippen molar-refractivity contribution in [2.24, 2.45) is 10.4 Å². The molecule has 1 amide bonds. The van der Waals surface area contributed by atoms with E-state index in [1.807, 2.05) is 6.07 Å². The van der Waals surface area contributed by atoms with Crippen LogP contribution in [-0.2, 0) is 15.3 Å². The Kier molecular flexibility index (Phi) is 6.50. The van der Waals surface area contributed by atoms with Gasteiger partial charge in [0.1, 0.15) is 5.60 Å². The number of carboxylic acid groups (broad SMARTS) is 1. The second-order valence-corrected chi connectivity index (χ2v) is 7.92. The highest BCUT2D eigenvalue weighted by atomic mass is 32.2. The van der Waals surface area contributed by atoms with Crippen LogP contribution in [-0.4, -0.2) is 50.7 Å². The Morgan fingerprint density at radius 1 is 1.37 bits per heavy atom.